The first-order chi connectivity index (χ1) is 9.45. The molecule has 0 spiro atoms. The fourth-order valence-electron chi connectivity index (χ4n) is 2.40. The SMILES string of the molecule is CCCN(CC1CCCN1)S(=O)(=O)c1cc(C)c(Br)s1. The van der Waals surface area contributed by atoms with Crippen molar-refractivity contribution in [3.63, 3.8) is 0 Å². The Morgan fingerprint density at radius 1 is 1.55 bits per heavy atom. The molecule has 1 atom stereocenters. The number of halogens is 1. The number of hydrogen-bond donors (Lipinski definition) is 1. The molecule has 0 aromatic carbocycles. The third-order valence-corrected chi connectivity index (χ3v) is 7.94. The molecule has 2 rings (SSSR count). The van der Waals surface area contributed by atoms with Crippen LogP contribution in [0.5, 0.6) is 0 Å². The Hall–Kier alpha value is 0.0500. The summed E-state index contributed by atoms with van der Waals surface area (Å²) in [5, 5.41) is 3.37. The maximum Gasteiger partial charge on any atom is 0.252 e. The Morgan fingerprint density at radius 2 is 2.30 bits per heavy atom. The lowest BCUT2D eigenvalue weighted by atomic mass is 10.2. The molecule has 1 aromatic rings. The van der Waals surface area contributed by atoms with Gasteiger partial charge in [0.05, 0.1) is 3.79 Å². The summed E-state index contributed by atoms with van der Waals surface area (Å²) in [6.45, 7) is 6.08. The standard InChI is InChI=1S/C13H21BrN2O2S2/c1-3-7-16(9-11-5-4-6-15-11)20(17,18)12-8-10(2)13(14)19-12/h8,11,15H,3-7,9H2,1-2H3. The largest absolute Gasteiger partial charge is 0.313 e. The molecule has 1 aliphatic heterocycles. The first-order valence-corrected chi connectivity index (χ1v) is 9.99. The average Bonchev–Trinajstić information content (AvgIpc) is 3.00. The summed E-state index contributed by atoms with van der Waals surface area (Å²) in [5.74, 6) is 0. The summed E-state index contributed by atoms with van der Waals surface area (Å²) in [4.78, 5) is 0. The highest BCUT2D eigenvalue weighted by molar-refractivity contribution is 9.11. The van der Waals surface area contributed by atoms with Crippen LogP contribution < -0.4 is 5.32 Å². The van der Waals surface area contributed by atoms with E-state index in [4.69, 9.17) is 0 Å². The third kappa shape index (κ3) is 3.62. The zero-order valence-electron chi connectivity index (χ0n) is 11.9. The molecule has 1 saturated heterocycles. The van der Waals surface area contributed by atoms with E-state index in [1.807, 2.05) is 13.8 Å². The highest BCUT2D eigenvalue weighted by Crippen LogP contribution is 2.32. The first-order valence-electron chi connectivity index (χ1n) is 6.94. The molecule has 0 bridgehead atoms. The Morgan fingerprint density at radius 3 is 2.80 bits per heavy atom. The fourth-order valence-corrected chi connectivity index (χ4v) is 6.36. The quantitative estimate of drug-likeness (QED) is 0.824. The zero-order valence-corrected chi connectivity index (χ0v) is 15.1. The molecular formula is C13H21BrN2O2S2. The van der Waals surface area contributed by atoms with Gasteiger partial charge in [-0.25, -0.2) is 8.42 Å². The molecule has 20 heavy (non-hydrogen) atoms. The highest BCUT2D eigenvalue weighted by Gasteiger charge is 2.29. The summed E-state index contributed by atoms with van der Waals surface area (Å²) in [7, 11) is -3.37. The molecule has 0 radical (unpaired) electrons. The van der Waals surface area contributed by atoms with E-state index in [1.54, 1.807) is 10.4 Å². The van der Waals surface area contributed by atoms with Gasteiger partial charge in [0, 0.05) is 19.1 Å². The topological polar surface area (TPSA) is 49.4 Å². The predicted octanol–water partition coefficient (Wildman–Crippen LogP) is 2.97. The van der Waals surface area contributed by atoms with E-state index in [0.29, 0.717) is 23.3 Å². The molecule has 4 nitrogen and oxygen atoms in total. The molecule has 1 unspecified atom stereocenters. The molecule has 7 heteroatoms. The van der Waals surface area contributed by atoms with Crippen molar-refractivity contribution in [2.75, 3.05) is 19.6 Å². The van der Waals surface area contributed by atoms with Gasteiger partial charge in [-0.05, 0) is 60.3 Å². The van der Waals surface area contributed by atoms with Gasteiger partial charge in [0.2, 0.25) is 0 Å². The van der Waals surface area contributed by atoms with Crippen LogP contribution in [0.3, 0.4) is 0 Å². The molecule has 0 amide bonds. The van der Waals surface area contributed by atoms with Gasteiger partial charge in [-0.15, -0.1) is 11.3 Å². The van der Waals surface area contributed by atoms with Crippen LogP contribution in [0.15, 0.2) is 14.1 Å². The maximum absolute atomic E-state index is 12.8. The first kappa shape index (κ1) is 16.4. The van der Waals surface area contributed by atoms with Crippen molar-refractivity contribution in [1.82, 2.24) is 9.62 Å². The molecule has 2 heterocycles. The van der Waals surface area contributed by atoms with Crippen LogP contribution in [0, 0.1) is 6.92 Å². The Labute approximate surface area is 133 Å². The van der Waals surface area contributed by atoms with Gasteiger partial charge >= 0.3 is 0 Å². The van der Waals surface area contributed by atoms with Crippen LogP contribution in [-0.4, -0.2) is 38.4 Å². The normalized spacial score (nSPS) is 19.9. The summed E-state index contributed by atoms with van der Waals surface area (Å²) in [5.41, 5.74) is 0.976. The monoisotopic (exact) mass is 380 g/mol. The predicted molar refractivity (Wildman–Crippen MR) is 86.8 cm³/mol. The number of thiophene rings is 1. The lowest BCUT2D eigenvalue weighted by Crippen LogP contribution is -2.41. The van der Waals surface area contributed by atoms with Gasteiger partial charge in [-0.1, -0.05) is 6.92 Å². The molecule has 0 saturated carbocycles. The maximum atomic E-state index is 12.8. The highest BCUT2D eigenvalue weighted by atomic mass is 79.9. The van der Waals surface area contributed by atoms with Crippen LogP contribution >= 0.6 is 27.3 Å². The van der Waals surface area contributed by atoms with Crippen molar-refractivity contribution < 1.29 is 8.42 Å². The number of rotatable bonds is 6. The Balaban J connectivity index is 2.21. The lowest BCUT2D eigenvalue weighted by molar-refractivity contribution is 0.370. The average molecular weight is 381 g/mol. The van der Waals surface area contributed by atoms with Crippen LogP contribution in [-0.2, 0) is 10.0 Å². The fraction of sp³-hybridized carbons (Fsp3) is 0.692. The summed E-state index contributed by atoms with van der Waals surface area (Å²) in [6, 6.07) is 2.05. The third-order valence-electron chi connectivity index (χ3n) is 3.49. The second kappa shape index (κ2) is 6.87. The lowest BCUT2D eigenvalue weighted by Gasteiger charge is -2.24. The van der Waals surface area contributed by atoms with Gasteiger partial charge in [0.1, 0.15) is 4.21 Å². The van der Waals surface area contributed by atoms with Crippen molar-refractivity contribution in [2.45, 2.75) is 43.4 Å². The molecular weight excluding hydrogens is 360 g/mol. The minimum absolute atomic E-state index is 0.292. The zero-order chi connectivity index (χ0) is 14.8. The van der Waals surface area contributed by atoms with Crippen molar-refractivity contribution in [2.24, 2.45) is 0 Å². The number of nitrogens with zero attached hydrogens (tertiary/aromatic N) is 1. The van der Waals surface area contributed by atoms with E-state index in [9.17, 15) is 8.42 Å². The summed E-state index contributed by atoms with van der Waals surface area (Å²) < 4.78 is 28.5. The minimum atomic E-state index is -3.37. The van der Waals surface area contributed by atoms with Crippen LogP contribution in [0.25, 0.3) is 0 Å². The van der Waals surface area contributed by atoms with Crippen LogP contribution in [0.4, 0.5) is 0 Å². The van der Waals surface area contributed by atoms with Crippen molar-refractivity contribution in [3.8, 4) is 0 Å². The van der Waals surface area contributed by atoms with E-state index in [0.717, 1.165) is 35.2 Å². The van der Waals surface area contributed by atoms with Gasteiger partial charge in [0.15, 0.2) is 0 Å². The smallest absolute Gasteiger partial charge is 0.252 e. The van der Waals surface area contributed by atoms with Gasteiger partial charge < -0.3 is 5.32 Å². The minimum Gasteiger partial charge on any atom is -0.313 e. The van der Waals surface area contributed by atoms with Crippen LogP contribution in [0.1, 0.15) is 31.7 Å². The molecule has 1 aromatic heterocycles. The number of nitrogens with one attached hydrogen (secondary N) is 1. The number of hydrogen-bond acceptors (Lipinski definition) is 4. The van der Waals surface area contributed by atoms with Crippen molar-refractivity contribution in [1.29, 1.82) is 0 Å². The second-order valence-corrected chi connectivity index (χ2v) is 9.71. The van der Waals surface area contributed by atoms with E-state index >= 15 is 0 Å². The molecule has 0 aliphatic carbocycles. The second-order valence-electron chi connectivity index (χ2n) is 5.18. The van der Waals surface area contributed by atoms with Crippen molar-refractivity contribution in [3.05, 3.63) is 15.4 Å². The van der Waals surface area contributed by atoms with E-state index < -0.39 is 10.0 Å². The molecule has 1 aliphatic rings. The van der Waals surface area contributed by atoms with E-state index in [-0.39, 0.29) is 0 Å². The van der Waals surface area contributed by atoms with Gasteiger partial charge in [-0.3, -0.25) is 0 Å². The molecule has 1 fully saturated rings. The Kier molecular flexibility index (Phi) is 5.64. The Bertz CT molecular complexity index is 531. The van der Waals surface area contributed by atoms with Gasteiger partial charge in [-0.2, -0.15) is 4.31 Å². The van der Waals surface area contributed by atoms with E-state index in [1.165, 1.54) is 11.3 Å². The number of sulfonamides is 1. The molecule has 1 N–H and O–H groups in total. The number of aryl methyl sites for hydroxylation is 1. The van der Waals surface area contributed by atoms with E-state index in [2.05, 4.69) is 21.2 Å². The summed E-state index contributed by atoms with van der Waals surface area (Å²) in [6.07, 6.45) is 3.02. The van der Waals surface area contributed by atoms with Crippen molar-refractivity contribution >= 4 is 37.3 Å². The summed E-state index contributed by atoms with van der Waals surface area (Å²) >= 11 is 4.71. The molecule has 114 valence electrons. The van der Waals surface area contributed by atoms with Gasteiger partial charge in [0.25, 0.3) is 10.0 Å². The van der Waals surface area contributed by atoms with Crippen LogP contribution in [0.2, 0.25) is 0 Å².